The third kappa shape index (κ3) is 4.73. The monoisotopic (exact) mass is 385 g/mol. The molecule has 0 bridgehead atoms. The van der Waals surface area contributed by atoms with Crippen LogP contribution in [0.2, 0.25) is 0 Å². The number of hydrogen-bond donors (Lipinski definition) is 2. The van der Waals surface area contributed by atoms with Crippen LogP contribution in [0.15, 0.2) is 40.3 Å². The molecular formula is C19H23N5O4. The molecule has 0 spiro atoms. The topological polar surface area (TPSA) is 117 Å². The van der Waals surface area contributed by atoms with E-state index in [-0.39, 0.29) is 24.3 Å². The molecule has 0 aromatic carbocycles. The Morgan fingerprint density at radius 3 is 2.93 bits per heavy atom. The lowest BCUT2D eigenvalue weighted by Gasteiger charge is -2.33. The molecule has 1 saturated heterocycles. The maximum absolute atomic E-state index is 12.6. The summed E-state index contributed by atoms with van der Waals surface area (Å²) < 4.78 is 1.22. The minimum Gasteiger partial charge on any atom is -0.352 e. The van der Waals surface area contributed by atoms with Crippen LogP contribution in [-0.4, -0.2) is 50.9 Å². The van der Waals surface area contributed by atoms with Crippen molar-refractivity contribution in [1.82, 2.24) is 24.8 Å². The van der Waals surface area contributed by atoms with Crippen LogP contribution >= 0.6 is 0 Å². The normalized spacial score (nSPS) is 16.6. The number of carbonyl (C=O) groups is 2. The number of pyridine rings is 1. The van der Waals surface area contributed by atoms with Crippen LogP contribution in [0.3, 0.4) is 0 Å². The summed E-state index contributed by atoms with van der Waals surface area (Å²) in [6.07, 6.45) is 6.26. The predicted octanol–water partition coefficient (Wildman–Crippen LogP) is -0.0914. The van der Waals surface area contributed by atoms with Crippen molar-refractivity contribution in [2.24, 2.45) is 5.92 Å². The number of carbonyl (C=O) groups excluding carboxylic acids is 2. The number of rotatable bonds is 5. The predicted molar refractivity (Wildman–Crippen MR) is 102 cm³/mol. The maximum Gasteiger partial charge on any atom is 0.328 e. The van der Waals surface area contributed by atoms with Gasteiger partial charge in [-0.2, -0.15) is 0 Å². The molecule has 1 aliphatic heterocycles. The molecule has 1 fully saturated rings. The zero-order valence-electron chi connectivity index (χ0n) is 15.7. The van der Waals surface area contributed by atoms with E-state index in [1.165, 1.54) is 17.0 Å². The molecule has 1 atom stereocenters. The number of likely N-dealkylation sites (tertiary alicyclic amines) is 1. The number of aromatic amines is 1. The number of H-pyrrole nitrogens is 1. The van der Waals surface area contributed by atoms with Gasteiger partial charge < -0.3 is 10.2 Å². The molecule has 0 unspecified atom stereocenters. The molecule has 2 amide bonds. The molecule has 0 radical (unpaired) electrons. The number of aromatic nitrogens is 3. The summed E-state index contributed by atoms with van der Waals surface area (Å²) in [5.74, 6) is -0.226. The van der Waals surface area contributed by atoms with Crippen molar-refractivity contribution >= 4 is 11.8 Å². The van der Waals surface area contributed by atoms with Gasteiger partial charge in [-0.1, -0.05) is 0 Å². The molecule has 0 saturated carbocycles. The molecule has 3 heterocycles. The quantitative estimate of drug-likeness (QED) is 0.746. The zero-order chi connectivity index (χ0) is 20.1. The van der Waals surface area contributed by atoms with E-state index in [4.69, 9.17) is 0 Å². The number of hydrogen-bond acceptors (Lipinski definition) is 5. The van der Waals surface area contributed by atoms with Crippen molar-refractivity contribution in [3.63, 3.8) is 0 Å². The number of amides is 2. The van der Waals surface area contributed by atoms with Crippen molar-refractivity contribution in [2.75, 3.05) is 19.6 Å². The summed E-state index contributed by atoms with van der Waals surface area (Å²) in [5.41, 5.74) is -0.168. The second kappa shape index (κ2) is 8.64. The van der Waals surface area contributed by atoms with Crippen LogP contribution in [0.25, 0.3) is 0 Å². The van der Waals surface area contributed by atoms with Crippen LogP contribution in [-0.2, 0) is 11.3 Å². The number of nitrogens with one attached hydrogen (secondary N) is 2. The number of aryl methyl sites for hydroxylation is 1. The molecule has 2 aromatic rings. The van der Waals surface area contributed by atoms with Crippen LogP contribution in [0.5, 0.6) is 0 Å². The smallest absolute Gasteiger partial charge is 0.328 e. The highest BCUT2D eigenvalue weighted by Gasteiger charge is 2.24. The van der Waals surface area contributed by atoms with E-state index in [0.717, 1.165) is 12.8 Å². The summed E-state index contributed by atoms with van der Waals surface area (Å²) in [4.78, 5) is 55.9. The standard InChI is InChI=1S/C19H23N5O4/c1-13-10-24(19(28)22-17(13)26)12-16(25)23-7-3-4-14(11-23)8-21-18(27)15-5-2-6-20-9-15/h2,5-6,9-10,14H,3-4,7-8,11-12H2,1H3,(H,21,27)(H,22,26,28)/t14-/m1/s1. The molecule has 2 N–H and O–H groups in total. The largest absolute Gasteiger partial charge is 0.352 e. The first kappa shape index (κ1) is 19.5. The van der Waals surface area contributed by atoms with E-state index < -0.39 is 11.2 Å². The van der Waals surface area contributed by atoms with Crippen molar-refractivity contribution < 1.29 is 9.59 Å². The lowest BCUT2D eigenvalue weighted by atomic mass is 9.97. The fourth-order valence-corrected chi connectivity index (χ4v) is 3.28. The van der Waals surface area contributed by atoms with Crippen molar-refractivity contribution in [1.29, 1.82) is 0 Å². The summed E-state index contributed by atoms with van der Waals surface area (Å²) in [5, 5.41) is 2.89. The van der Waals surface area contributed by atoms with Gasteiger partial charge in [0.1, 0.15) is 6.54 Å². The first-order chi connectivity index (χ1) is 13.4. The Balaban J connectivity index is 1.56. The molecule has 2 aromatic heterocycles. The van der Waals surface area contributed by atoms with Gasteiger partial charge in [0.2, 0.25) is 5.91 Å². The Morgan fingerprint density at radius 2 is 2.18 bits per heavy atom. The van der Waals surface area contributed by atoms with Gasteiger partial charge in [-0.25, -0.2) is 4.79 Å². The summed E-state index contributed by atoms with van der Waals surface area (Å²) in [6.45, 7) is 3.06. The van der Waals surface area contributed by atoms with Crippen molar-refractivity contribution in [2.45, 2.75) is 26.3 Å². The van der Waals surface area contributed by atoms with E-state index in [0.29, 0.717) is 30.8 Å². The third-order valence-corrected chi connectivity index (χ3v) is 4.84. The molecule has 9 heteroatoms. The molecule has 9 nitrogen and oxygen atoms in total. The van der Waals surface area contributed by atoms with Gasteiger partial charge in [-0.3, -0.25) is 28.9 Å². The number of nitrogens with zero attached hydrogens (tertiary/aromatic N) is 3. The van der Waals surface area contributed by atoms with Crippen molar-refractivity contribution in [3.05, 3.63) is 62.7 Å². The van der Waals surface area contributed by atoms with Crippen LogP contribution < -0.4 is 16.6 Å². The average Bonchev–Trinajstić information content (AvgIpc) is 2.71. The Hall–Kier alpha value is -3.23. The van der Waals surface area contributed by atoms with Crippen LogP contribution in [0, 0.1) is 12.8 Å². The first-order valence-electron chi connectivity index (χ1n) is 9.20. The molecule has 0 aliphatic carbocycles. The van der Waals surface area contributed by atoms with Gasteiger partial charge in [-0.05, 0) is 37.8 Å². The maximum atomic E-state index is 12.6. The van der Waals surface area contributed by atoms with Crippen molar-refractivity contribution in [3.8, 4) is 0 Å². The minimum absolute atomic E-state index is 0.120. The summed E-state index contributed by atoms with van der Waals surface area (Å²) in [6, 6.07) is 3.40. The Morgan fingerprint density at radius 1 is 1.36 bits per heavy atom. The van der Waals surface area contributed by atoms with E-state index >= 15 is 0 Å². The van der Waals surface area contributed by atoms with Gasteiger partial charge in [0.15, 0.2) is 0 Å². The second-order valence-corrected chi connectivity index (χ2v) is 7.00. The molecule has 1 aliphatic rings. The summed E-state index contributed by atoms with van der Waals surface area (Å²) in [7, 11) is 0. The molecule has 28 heavy (non-hydrogen) atoms. The lowest BCUT2D eigenvalue weighted by Crippen LogP contribution is -2.46. The first-order valence-corrected chi connectivity index (χ1v) is 9.20. The zero-order valence-corrected chi connectivity index (χ0v) is 15.7. The average molecular weight is 385 g/mol. The Bertz CT molecular complexity index is 966. The van der Waals surface area contributed by atoms with E-state index in [2.05, 4.69) is 15.3 Å². The van der Waals surface area contributed by atoms with E-state index in [1.54, 1.807) is 30.2 Å². The highest BCUT2D eigenvalue weighted by atomic mass is 16.2. The Kier molecular flexibility index (Phi) is 6.03. The molecule has 148 valence electrons. The lowest BCUT2D eigenvalue weighted by molar-refractivity contribution is -0.133. The van der Waals surface area contributed by atoms with Gasteiger partial charge in [0.05, 0.1) is 5.56 Å². The highest BCUT2D eigenvalue weighted by molar-refractivity contribution is 5.93. The fraction of sp³-hybridized carbons (Fsp3) is 0.421. The number of piperidine rings is 1. The van der Waals surface area contributed by atoms with Gasteiger partial charge in [0.25, 0.3) is 11.5 Å². The van der Waals surface area contributed by atoms with Gasteiger partial charge >= 0.3 is 5.69 Å². The third-order valence-electron chi connectivity index (χ3n) is 4.84. The van der Waals surface area contributed by atoms with Crippen LogP contribution in [0.4, 0.5) is 0 Å². The highest BCUT2D eigenvalue weighted by Crippen LogP contribution is 2.16. The minimum atomic E-state index is -0.596. The SMILES string of the molecule is Cc1cn(CC(=O)N2CCC[C@H](CNC(=O)c3cccnc3)C2)c(=O)[nH]c1=O. The van der Waals surface area contributed by atoms with Gasteiger partial charge in [-0.15, -0.1) is 0 Å². The molecule has 3 rings (SSSR count). The van der Waals surface area contributed by atoms with Gasteiger partial charge in [0, 0.05) is 43.8 Å². The summed E-state index contributed by atoms with van der Waals surface area (Å²) >= 11 is 0. The Labute approximate surface area is 161 Å². The van der Waals surface area contributed by atoms with E-state index in [9.17, 15) is 19.2 Å². The van der Waals surface area contributed by atoms with E-state index in [1.807, 2.05) is 0 Å². The second-order valence-electron chi connectivity index (χ2n) is 7.00. The fourth-order valence-electron chi connectivity index (χ4n) is 3.28. The van der Waals surface area contributed by atoms with Crippen LogP contribution in [0.1, 0.15) is 28.8 Å². The molecular weight excluding hydrogens is 362 g/mol.